The molecule has 1 aromatic rings. The van der Waals surface area contributed by atoms with Gasteiger partial charge in [-0.2, -0.15) is 5.10 Å². The fourth-order valence-corrected chi connectivity index (χ4v) is 3.44. The summed E-state index contributed by atoms with van der Waals surface area (Å²) in [6, 6.07) is 1.89. The van der Waals surface area contributed by atoms with Crippen LogP contribution in [0.1, 0.15) is 25.7 Å². The number of hydrogen-bond acceptors (Lipinski definition) is 4. The molecule has 2 saturated heterocycles. The number of aromatic nitrogens is 2. The van der Waals surface area contributed by atoms with Crippen LogP contribution in [0.3, 0.4) is 0 Å². The monoisotopic (exact) mass is 292 g/mol. The van der Waals surface area contributed by atoms with Gasteiger partial charge in [0.2, 0.25) is 5.91 Å². The van der Waals surface area contributed by atoms with Gasteiger partial charge in [0.1, 0.15) is 5.54 Å². The molecule has 3 heterocycles. The number of ether oxygens (including phenoxy) is 1. The Balaban J connectivity index is 1.77. The molecule has 21 heavy (non-hydrogen) atoms. The van der Waals surface area contributed by atoms with E-state index in [9.17, 15) is 4.79 Å². The highest BCUT2D eigenvalue weighted by atomic mass is 16.5. The number of piperidine rings is 1. The summed E-state index contributed by atoms with van der Waals surface area (Å²) < 4.78 is 7.51. The molecule has 2 fully saturated rings. The van der Waals surface area contributed by atoms with Gasteiger partial charge in [-0.1, -0.05) is 0 Å². The Morgan fingerprint density at radius 3 is 2.95 bits per heavy atom. The van der Waals surface area contributed by atoms with Crippen molar-refractivity contribution < 1.29 is 9.53 Å². The summed E-state index contributed by atoms with van der Waals surface area (Å²) in [6.45, 7) is 3.19. The Bertz CT molecular complexity index is 462. The second-order valence-electron chi connectivity index (χ2n) is 6.05. The van der Waals surface area contributed by atoms with Crippen LogP contribution >= 0.6 is 0 Å². The van der Waals surface area contributed by atoms with E-state index < -0.39 is 5.54 Å². The summed E-state index contributed by atoms with van der Waals surface area (Å²) in [5.74, 6) is 0.156. The van der Waals surface area contributed by atoms with Gasteiger partial charge in [0.25, 0.3) is 0 Å². The maximum atomic E-state index is 13.1. The van der Waals surface area contributed by atoms with Gasteiger partial charge in [-0.05, 0) is 44.8 Å². The van der Waals surface area contributed by atoms with Gasteiger partial charge in [0.05, 0.1) is 6.10 Å². The number of nitrogens with zero attached hydrogens (tertiary/aromatic N) is 3. The van der Waals surface area contributed by atoms with E-state index in [4.69, 9.17) is 4.74 Å². The van der Waals surface area contributed by atoms with Gasteiger partial charge in [-0.25, -0.2) is 0 Å². The van der Waals surface area contributed by atoms with Gasteiger partial charge in [0, 0.05) is 32.6 Å². The number of hydrogen-bond donors (Lipinski definition) is 1. The van der Waals surface area contributed by atoms with Gasteiger partial charge in [-0.15, -0.1) is 0 Å². The SMILES string of the molecule is CN(CC1CCCO1)C(=O)C1(n2cccn2)CCNCC1. The van der Waals surface area contributed by atoms with Crippen LogP contribution in [0, 0.1) is 0 Å². The number of nitrogens with one attached hydrogen (secondary N) is 1. The van der Waals surface area contributed by atoms with Crippen molar-refractivity contribution in [2.24, 2.45) is 0 Å². The van der Waals surface area contributed by atoms with Crippen molar-refractivity contribution >= 4 is 5.91 Å². The lowest BCUT2D eigenvalue weighted by Crippen LogP contribution is -2.55. The van der Waals surface area contributed by atoms with Crippen molar-refractivity contribution in [3.05, 3.63) is 18.5 Å². The summed E-state index contributed by atoms with van der Waals surface area (Å²) >= 11 is 0. The van der Waals surface area contributed by atoms with Crippen LogP contribution < -0.4 is 5.32 Å². The quantitative estimate of drug-likeness (QED) is 0.883. The highest BCUT2D eigenvalue weighted by molar-refractivity contribution is 5.84. The second-order valence-corrected chi connectivity index (χ2v) is 6.05. The van der Waals surface area contributed by atoms with Gasteiger partial charge >= 0.3 is 0 Å². The number of carbonyl (C=O) groups is 1. The minimum Gasteiger partial charge on any atom is -0.376 e. The smallest absolute Gasteiger partial charge is 0.250 e. The molecule has 0 aromatic carbocycles. The molecule has 3 rings (SSSR count). The second kappa shape index (κ2) is 6.15. The lowest BCUT2D eigenvalue weighted by atomic mass is 9.86. The van der Waals surface area contributed by atoms with E-state index >= 15 is 0 Å². The molecule has 1 unspecified atom stereocenters. The highest BCUT2D eigenvalue weighted by Gasteiger charge is 2.44. The third-order valence-electron chi connectivity index (χ3n) is 4.62. The molecule has 1 N–H and O–H groups in total. The minimum absolute atomic E-state index is 0.156. The van der Waals surface area contributed by atoms with Crippen LogP contribution in [0.5, 0.6) is 0 Å². The molecular formula is C15H24N4O2. The maximum absolute atomic E-state index is 13.1. The zero-order valence-electron chi connectivity index (χ0n) is 12.6. The van der Waals surface area contributed by atoms with Crippen LogP contribution in [0.4, 0.5) is 0 Å². The predicted molar refractivity (Wildman–Crippen MR) is 78.9 cm³/mol. The van der Waals surface area contributed by atoms with Crippen LogP contribution in [-0.4, -0.2) is 60.0 Å². The van der Waals surface area contributed by atoms with Crippen LogP contribution in [0.25, 0.3) is 0 Å². The van der Waals surface area contributed by atoms with E-state index in [1.54, 1.807) is 6.20 Å². The van der Waals surface area contributed by atoms with E-state index in [2.05, 4.69) is 10.4 Å². The van der Waals surface area contributed by atoms with Crippen molar-refractivity contribution in [3.63, 3.8) is 0 Å². The van der Waals surface area contributed by atoms with E-state index in [-0.39, 0.29) is 12.0 Å². The molecule has 1 aromatic heterocycles. The van der Waals surface area contributed by atoms with E-state index in [1.807, 2.05) is 28.9 Å². The Morgan fingerprint density at radius 1 is 1.52 bits per heavy atom. The summed E-state index contributed by atoms with van der Waals surface area (Å²) in [6.07, 6.45) is 7.55. The zero-order valence-corrected chi connectivity index (χ0v) is 12.6. The lowest BCUT2D eigenvalue weighted by Gasteiger charge is -2.39. The van der Waals surface area contributed by atoms with E-state index in [1.165, 1.54) is 0 Å². The molecule has 0 radical (unpaired) electrons. The van der Waals surface area contributed by atoms with Crippen LogP contribution in [-0.2, 0) is 15.1 Å². The minimum atomic E-state index is -0.540. The predicted octanol–water partition coefficient (Wildman–Crippen LogP) is 0.599. The number of amides is 1. The first-order valence-corrected chi connectivity index (χ1v) is 7.80. The van der Waals surface area contributed by atoms with Crippen molar-refractivity contribution in [2.75, 3.05) is 33.3 Å². The first-order valence-electron chi connectivity index (χ1n) is 7.80. The lowest BCUT2D eigenvalue weighted by molar-refractivity contribution is -0.143. The average Bonchev–Trinajstić information content (AvgIpc) is 3.20. The highest BCUT2D eigenvalue weighted by Crippen LogP contribution is 2.29. The number of likely N-dealkylation sites (N-methyl/N-ethyl adjacent to an activating group) is 1. The normalized spacial score (nSPS) is 24.9. The number of rotatable bonds is 4. The van der Waals surface area contributed by atoms with E-state index in [0.29, 0.717) is 6.54 Å². The number of carbonyl (C=O) groups excluding carboxylic acids is 1. The third-order valence-corrected chi connectivity index (χ3v) is 4.62. The fourth-order valence-electron chi connectivity index (χ4n) is 3.44. The van der Waals surface area contributed by atoms with Crippen molar-refractivity contribution in [2.45, 2.75) is 37.3 Å². The largest absolute Gasteiger partial charge is 0.376 e. The zero-order chi connectivity index (χ0) is 14.7. The molecule has 116 valence electrons. The molecule has 0 saturated carbocycles. The standard InChI is InChI=1S/C15H24N4O2/c1-18(12-13-4-2-11-21-13)14(20)15(5-8-16-9-6-15)19-10-3-7-17-19/h3,7,10,13,16H,2,4-6,8-9,11-12H2,1H3. The van der Waals surface area contributed by atoms with Crippen molar-refractivity contribution in [1.29, 1.82) is 0 Å². The molecule has 2 aliphatic heterocycles. The molecule has 1 atom stereocenters. The summed E-state index contributed by atoms with van der Waals surface area (Å²) in [5, 5.41) is 7.69. The summed E-state index contributed by atoms with van der Waals surface area (Å²) in [4.78, 5) is 14.9. The topological polar surface area (TPSA) is 59.4 Å². The van der Waals surface area contributed by atoms with Gasteiger partial charge < -0.3 is 15.0 Å². The van der Waals surface area contributed by atoms with Gasteiger partial charge in [-0.3, -0.25) is 9.48 Å². The maximum Gasteiger partial charge on any atom is 0.250 e. The fraction of sp³-hybridized carbons (Fsp3) is 0.733. The van der Waals surface area contributed by atoms with Gasteiger partial charge in [0.15, 0.2) is 0 Å². The average molecular weight is 292 g/mol. The van der Waals surface area contributed by atoms with Crippen LogP contribution in [0.15, 0.2) is 18.5 Å². The summed E-state index contributed by atoms with van der Waals surface area (Å²) in [5.41, 5.74) is -0.540. The summed E-state index contributed by atoms with van der Waals surface area (Å²) in [7, 11) is 1.89. The molecular weight excluding hydrogens is 268 g/mol. The molecule has 0 spiro atoms. The third kappa shape index (κ3) is 2.82. The first kappa shape index (κ1) is 14.5. The Kier molecular flexibility index (Phi) is 4.26. The Labute approximate surface area is 125 Å². The molecule has 0 aliphatic carbocycles. The van der Waals surface area contributed by atoms with Crippen molar-refractivity contribution in [1.82, 2.24) is 20.0 Å². The molecule has 6 nitrogen and oxygen atoms in total. The molecule has 1 amide bonds. The Hall–Kier alpha value is -1.40. The van der Waals surface area contributed by atoms with Crippen LogP contribution in [0.2, 0.25) is 0 Å². The van der Waals surface area contributed by atoms with Crippen molar-refractivity contribution in [3.8, 4) is 0 Å². The van der Waals surface area contributed by atoms with E-state index in [0.717, 1.165) is 45.4 Å². The molecule has 0 bridgehead atoms. The molecule has 2 aliphatic rings. The molecule has 6 heteroatoms. The first-order chi connectivity index (χ1) is 10.2. The Morgan fingerprint density at radius 2 is 2.33 bits per heavy atom.